The molecule has 0 aliphatic rings. The highest BCUT2D eigenvalue weighted by Crippen LogP contribution is 2.37. The molecule has 2 aromatic heterocycles. The fraction of sp³-hybridized carbons (Fsp3) is 0.136. The molecule has 0 aliphatic heterocycles. The molecule has 5 nitrogen and oxygen atoms in total. The van der Waals surface area contributed by atoms with Crippen molar-refractivity contribution in [3.05, 3.63) is 66.5 Å². The van der Waals surface area contributed by atoms with Crippen LogP contribution in [0.2, 0.25) is 0 Å². The number of fused-ring (bicyclic) bond motifs is 1. The van der Waals surface area contributed by atoms with Gasteiger partial charge in [-0.3, -0.25) is 4.98 Å². The van der Waals surface area contributed by atoms with Crippen molar-refractivity contribution in [2.45, 2.75) is 0 Å². The highest BCUT2D eigenvalue weighted by Gasteiger charge is 2.18. The third-order valence-corrected chi connectivity index (χ3v) is 4.57. The minimum absolute atomic E-state index is 0.145. The van der Waals surface area contributed by atoms with Crippen LogP contribution in [0.3, 0.4) is 0 Å². The first kappa shape index (κ1) is 18.7. The molecule has 146 valence electrons. The Bertz CT molecular complexity index is 1200. The Morgan fingerprint density at radius 3 is 2.48 bits per heavy atom. The van der Waals surface area contributed by atoms with Crippen molar-refractivity contribution in [1.29, 1.82) is 0 Å². The highest BCUT2D eigenvalue weighted by molar-refractivity contribution is 5.98. The van der Waals surface area contributed by atoms with Gasteiger partial charge in [0.1, 0.15) is 17.1 Å². The number of nitrogens with zero attached hydrogens (tertiary/aromatic N) is 4. The first-order chi connectivity index (χ1) is 14.0. The molecule has 0 aliphatic carbocycles. The van der Waals surface area contributed by atoms with Crippen LogP contribution in [0.1, 0.15) is 0 Å². The van der Waals surface area contributed by atoms with E-state index in [0.29, 0.717) is 33.9 Å². The van der Waals surface area contributed by atoms with Gasteiger partial charge in [-0.15, -0.1) is 0 Å². The topological polar surface area (TPSA) is 51.1 Å². The maximum Gasteiger partial charge on any atom is 0.166 e. The van der Waals surface area contributed by atoms with Crippen LogP contribution in [-0.4, -0.2) is 36.2 Å². The number of hydrogen-bond donors (Lipinski definition) is 0. The molecule has 29 heavy (non-hydrogen) atoms. The summed E-state index contributed by atoms with van der Waals surface area (Å²) in [7, 11) is 5.23. The SMILES string of the molecule is COc1cc(-c2cccc(F)c2F)cc2c(N(C)C)nc(-c3cccnc3)nc12. The van der Waals surface area contributed by atoms with Gasteiger partial charge in [-0.1, -0.05) is 12.1 Å². The van der Waals surface area contributed by atoms with Gasteiger partial charge in [-0.2, -0.15) is 0 Å². The number of anilines is 1. The zero-order chi connectivity index (χ0) is 20.5. The van der Waals surface area contributed by atoms with E-state index in [1.807, 2.05) is 31.1 Å². The van der Waals surface area contributed by atoms with Crippen LogP contribution in [0.4, 0.5) is 14.6 Å². The summed E-state index contributed by atoms with van der Waals surface area (Å²) in [6.07, 6.45) is 3.36. The van der Waals surface area contributed by atoms with Gasteiger partial charge < -0.3 is 9.64 Å². The lowest BCUT2D eigenvalue weighted by molar-refractivity contribution is 0.419. The second kappa shape index (κ2) is 7.43. The normalized spacial score (nSPS) is 10.9. The largest absolute Gasteiger partial charge is 0.494 e. The van der Waals surface area contributed by atoms with Crippen molar-refractivity contribution >= 4 is 16.7 Å². The molecule has 2 heterocycles. The maximum atomic E-state index is 14.4. The average molecular weight is 392 g/mol. The first-order valence-corrected chi connectivity index (χ1v) is 8.91. The Morgan fingerprint density at radius 2 is 1.79 bits per heavy atom. The van der Waals surface area contributed by atoms with Gasteiger partial charge >= 0.3 is 0 Å². The van der Waals surface area contributed by atoms with Gasteiger partial charge in [0.25, 0.3) is 0 Å². The minimum Gasteiger partial charge on any atom is -0.494 e. The second-order valence-electron chi connectivity index (χ2n) is 6.68. The van der Waals surface area contributed by atoms with Crippen LogP contribution in [0.15, 0.2) is 54.9 Å². The summed E-state index contributed by atoms with van der Waals surface area (Å²) >= 11 is 0. The summed E-state index contributed by atoms with van der Waals surface area (Å²) in [5, 5.41) is 0.667. The van der Waals surface area contributed by atoms with Crippen molar-refractivity contribution < 1.29 is 13.5 Å². The van der Waals surface area contributed by atoms with Crippen molar-refractivity contribution in [3.63, 3.8) is 0 Å². The lowest BCUT2D eigenvalue weighted by atomic mass is 10.0. The lowest BCUT2D eigenvalue weighted by Crippen LogP contribution is -2.12. The molecule has 0 fully saturated rings. The monoisotopic (exact) mass is 392 g/mol. The molecule has 7 heteroatoms. The fourth-order valence-electron chi connectivity index (χ4n) is 3.19. The van der Waals surface area contributed by atoms with Gasteiger partial charge in [0, 0.05) is 43.0 Å². The van der Waals surface area contributed by atoms with Crippen molar-refractivity contribution in [2.75, 3.05) is 26.1 Å². The Kier molecular flexibility index (Phi) is 4.80. The molecular weight excluding hydrogens is 374 g/mol. The molecule has 0 N–H and O–H groups in total. The lowest BCUT2D eigenvalue weighted by Gasteiger charge is -2.18. The highest BCUT2D eigenvalue weighted by atomic mass is 19.2. The molecule has 0 bridgehead atoms. The summed E-state index contributed by atoms with van der Waals surface area (Å²) < 4.78 is 33.7. The molecule has 4 rings (SSSR count). The summed E-state index contributed by atoms with van der Waals surface area (Å²) in [5.41, 5.74) is 1.96. The number of ether oxygens (including phenoxy) is 1. The number of benzene rings is 2. The fourth-order valence-corrected chi connectivity index (χ4v) is 3.19. The number of pyridine rings is 1. The van der Waals surface area contributed by atoms with Crippen molar-refractivity contribution in [2.24, 2.45) is 0 Å². The molecule has 0 saturated carbocycles. The Balaban J connectivity index is 2.03. The average Bonchev–Trinajstić information content (AvgIpc) is 2.74. The van der Waals surface area contributed by atoms with Gasteiger partial charge in [-0.25, -0.2) is 18.7 Å². The Labute approximate surface area is 166 Å². The van der Waals surface area contributed by atoms with E-state index < -0.39 is 11.6 Å². The number of methoxy groups -OCH3 is 1. The number of hydrogen-bond acceptors (Lipinski definition) is 5. The molecule has 0 unspecified atom stereocenters. The first-order valence-electron chi connectivity index (χ1n) is 8.91. The number of aromatic nitrogens is 3. The van der Waals surface area contributed by atoms with Gasteiger partial charge in [-0.05, 0) is 35.9 Å². The zero-order valence-electron chi connectivity index (χ0n) is 16.1. The van der Waals surface area contributed by atoms with Crippen LogP contribution in [-0.2, 0) is 0 Å². The smallest absolute Gasteiger partial charge is 0.166 e. The summed E-state index contributed by atoms with van der Waals surface area (Å²) in [5.74, 6) is -0.245. The predicted octanol–water partition coefficient (Wildman–Crippen LogP) is 4.71. The summed E-state index contributed by atoms with van der Waals surface area (Å²) in [6, 6.07) is 11.2. The van der Waals surface area contributed by atoms with Gasteiger partial charge in [0.05, 0.1) is 7.11 Å². The van der Waals surface area contributed by atoms with E-state index >= 15 is 0 Å². The quantitative estimate of drug-likeness (QED) is 0.503. The number of halogens is 2. The van der Waals surface area contributed by atoms with E-state index in [0.717, 1.165) is 11.6 Å². The van der Waals surface area contributed by atoms with Crippen LogP contribution in [0.5, 0.6) is 5.75 Å². The van der Waals surface area contributed by atoms with Crippen molar-refractivity contribution in [1.82, 2.24) is 15.0 Å². The zero-order valence-corrected chi connectivity index (χ0v) is 16.1. The van der Waals surface area contributed by atoms with E-state index in [9.17, 15) is 8.78 Å². The third kappa shape index (κ3) is 3.35. The second-order valence-corrected chi connectivity index (χ2v) is 6.68. The van der Waals surface area contributed by atoms with Crippen molar-refractivity contribution in [3.8, 4) is 28.3 Å². The van der Waals surface area contributed by atoms with E-state index in [4.69, 9.17) is 4.74 Å². The van der Waals surface area contributed by atoms with E-state index in [1.54, 1.807) is 24.5 Å². The third-order valence-electron chi connectivity index (χ3n) is 4.57. The minimum atomic E-state index is -0.909. The maximum absolute atomic E-state index is 14.4. The van der Waals surface area contributed by atoms with Crippen LogP contribution in [0, 0.1) is 11.6 Å². The van der Waals surface area contributed by atoms with Gasteiger partial charge in [0.15, 0.2) is 17.5 Å². The number of rotatable bonds is 4. The van der Waals surface area contributed by atoms with Crippen LogP contribution in [0.25, 0.3) is 33.4 Å². The van der Waals surface area contributed by atoms with Crippen LogP contribution >= 0.6 is 0 Å². The van der Waals surface area contributed by atoms with Crippen LogP contribution < -0.4 is 9.64 Å². The summed E-state index contributed by atoms with van der Waals surface area (Å²) in [6.45, 7) is 0. The Morgan fingerprint density at radius 1 is 0.966 bits per heavy atom. The molecule has 0 spiro atoms. The van der Waals surface area contributed by atoms with E-state index in [-0.39, 0.29) is 5.56 Å². The molecule has 0 saturated heterocycles. The van der Waals surface area contributed by atoms with Gasteiger partial charge in [0.2, 0.25) is 0 Å². The standard InChI is InChI=1S/C22H18F2N4O/c1-28(2)22-16-10-14(15-7-4-8-17(23)19(15)24)11-18(29-3)20(16)26-21(27-22)13-6-5-9-25-12-13/h4-12H,1-3H3. The molecule has 0 atom stereocenters. The summed E-state index contributed by atoms with van der Waals surface area (Å²) in [4.78, 5) is 15.3. The molecule has 4 aromatic rings. The molecule has 2 aromatic carbocycles. The molecular formula is C22H18F2N4O. The predicted molar refractivity (Wildman–Crippen MR) is 109 cm³/mol. The van der Waals surface area contributed by atoms with E-state index in [2.05, 4.69) is 15.0 Å². The molecule has 0 amide bonds. The molecule has 0 radical (unpaired) electrons. The Hall–Kier alpha value is -3.61. The van der Waals surface area contributed by atoms with E-state index in [1.165, 1.54) is 19.2 Å².